The third-order valence-electron chi connectivity index (χ3n) is 4.62. The summed E-state index contributed by atoms with van der Waals surface area (Å²) in [5.74, 6) is -0.0579. The standard InChI is InChI=1S/C20H29N3O3/c1-13(2)18(24)21-16-5-7-17(8-6-16)22-19(25)15-9-11-23(12-10-15)20(26)14(3)4/h5-8,13-15H,9-12H2,1-4H3,(H,21,24)(H,22,25). The topological polar surface area (TPSA) is 78.5 Å². The number of likely N-dealkylation sites (tertiary alicyclic amines) is 1. The number of carbonyl (C=O) groups excluding carboxylic acids is 3. The Bertz CT molecular complexity index is 645. The number of anilines is 2. The number of piperidine rings is 1. The first-order chi connectivity index (χ1) is 12.3. The number of nitrogens with zero attached hydrogens (tertiary/aromatic N) is 1. The van der Waals surface area contributed by atoms with Gasteiger partial charge >= 0.3 is 0 Å². The van der Waals surface area contributed by atoms with Gasteiger partial charge in [0.25, 0.3) is 0 Å². The van der Waals surface area contributed by atoms with Gasteiger partial charge < -0.3 is 15.5 Å². The molecule has 2 N–H and O–H groups in total. The Morgan fingerprint density at radius 1 is 0.885 bits per heavy atom. The molecule has 1 aliphatic heterocycles. The Hall–Kier alpha value is -2.37. The van der Waals surface area contributed by atoms with E-state index in [0.29, 0.717) is 37.3 Å². The Kier molecular flexibility index (Phi) is 6.77. The van der Waals surface area contributed by atoms with Crippen LogP contribution in [0.2, 0.25) is 0 Å². The SMILES string of the molecule is CC(C)C(=O)Nc1ccc(NC(=O)C2CCN(C(=O)C(C)C)CC2)cc1. The lowest BCUT2D eigenvalue weighted by Gasteiger charge is -2.32. The molecule has 0 saturated carbocycles. The summed E-state index contributed by atoms with van der Waals surface area (Å²) in [7, 11) is 0. The van der Waals surface area contributed by atoms with Crippen LogP contribution >= 0.6 is 0 Å². The lowest BCUT2D eigenvalue weighted by atomic mass is 9.95. The van der Waals surface area contributed by atoms with Crippen LogP contribution in [0.15, 0.2) is 24.3 Å². The molecule has 1 aromatic carbocycles. The van der Waals surface area contributed by atoms with Gasteiger partial charge in [-0.2, -0.15) is 0 Å². The van der Waals surface area contributed by atoms with Crippen LogP contribution in [0.1, 0.15) is 40.5 Å². The van der Waals surface area contributed by atoms with Crippen molar-refractivity contribution >= 4 is 29.1 Å². The van der Waals surface area contributed by atoms with Gasteiger partial charge in [-0.15, -0.1) is 0 Å². The van der Waals surface area contributed by atoms with E-state index in [1.807, 2.05) is 32.6 Å². The first kappa shape index (κ1) is 19.9. The Labute approximate surface area is 155 Å². The number of amides is 3. The maximum atomic E-state index is 12.4. The highest BCUT2D eigenvalue weighted by Gasteiger charge is 2.28. The van der Waals surface area contributed by atoms with Crippen LogP contribution in [0.25, 0.3) is 0 Å². The summed E-state index contributed by atoms with van der Waals surface area (Å²) in [5.41, 5.74) is 1.42. The maximum Gasteiger partial charge on any atom is 0.227 e. The molecule has 0 aromatic heterocycles. The number of hydrogen-bond acceptors (Lipinski definition) is 3. The average molecular weight is 359 g/mol. The summed E-state index contributed by atoms with van der Waals surface area (Å²) >= 11 is 0. The summed E-state index contributed by atoms with van der Waals surface area (Å²) in [6.45, 7) is 8.74. The summed E-state index contributed by atoms with van der Waals surface area (Å²) in [4.78, 5) is 38.0. The summed E-state index contributed by atoms with van der Waals surface area (Å²) in [5, 5.41) is 5.75. The van der Waals surface area contributed by atoms with Crippen molar-refractivity contribution in [3.8, 4) is 0 Å². The average Bonchev–Trinajstić information content (AvgIpc) is 2.62. The molecule has 1 saturated heterocycles. The number of nitrogens with one attached hydrogen (secondary N) is 2. The lowest BCUT2D eigenvalue weighted by molar-refractivity contribution is -0.137. The van der Waals surface area contributed by atoms with Crippen molar-refractivity contribution < 1.29 is 14.4 Å². The van der Waals surface area contributed by atoms with E-state index >= 15 is 0 Å². The molecule has 1 aliphatic rings. The van der Waals surface area contributed by atoms with Crippen LogP contribution in [0.3, 0.4) is 0 Å². The van der Waals surface area contributed by atoms with E-state index in [2.05, 4.69) is 10.6 Å². The quantitative estimate of drug-likeness (QED) is 0.848. The molecule has 0 aliphatic carbocycles. The zero-order chi connectivity index (χ0) is 19.3. The van der Waals surface area contributed by atoms with Crippen molar-refractivity contribution in [1.82, 2.24) is 4.90 Å². The predicted octanol–water partition coefficient (Wildman–Crippen LogP) is 3.11. The molecule has 1 fully saturated rings. The maximum absolute atomic E-state index is 12.4. The zero-order valence-corrected chi connectivity index (χ0v) is 16.0. The van der Waals surface area contributed by atoms with E-state index in [1.54, 1.807) is 24.3 Å². The molecule has 142 valence electrons. The second-order valence-electron chi connectivity index (χ2n) is 7.46. The van der Waals surface area contributed by atoms with E-state index in [9.17, 15) is 14.4 Å². The van der Waals surface area contributed by atoms with Gasteiger partial charge in [0.2, 0.25) is 17.7 Å². The largest absolute Gasteiger partial charge is 0.342 e. The van der Waals surface area contributed by atoms with E-state index < -0.39 is 0 Å². The summed E-state index contributed by atoms with van der Waals surface area (Å²) < 4.78 is 0. The van der Waals surface area contributed by atoms with E-state index in [0.717, 1.165) is 0 Å². The minimum Gasteiger partial charge on any atom is -0.342 e. The van der Waals surface area contributed by atoms with Crippen molar-refractivity contribution in [3.63, 3.8) is 0 Å². The smallest absolute Gasteiger partial charge is 0.227 e. The molecule has 2 rings (SSSR count). The fourth-order valence-electron chi connectivity index (χ4n) is 2.90. The van der Waals surface area contributed by atoms with Gasteiger partial charge in [0.1, 0.15) is 0 Å². The van der Waals surface area contributed by atoms with Gasteiger partial charge in [0.15, 0.2) is 0 Å². The van der Waals surface area contributed by atoms with Crippen LogP contribution in [-0.4, -0.2) is 35.7 Å². The third-order valence-corrected chi connectivity index (χ3v) is 4.62. The molecular formula is C20H29N3O3. The molecule has 0 bridgehead atoms. The van der Waals surface area contributed by atoms with Gasteiger partial charge in [-0.05, 0) is 37.1 Å². The molecule has 3 amide bonds. The summed E-state index contributed by atoms with van der Waals surface area (Å²) in [6.07, 6.45) is 1.37. The number of carbonyl (C=O) groups is 3. The molecule has 26 heavy (non-hydrogen) atoms. The van der Waals surface area contributed by atoms with Gasteiger partial charge in [-0.1, -0.05) is 27.7 Å². The fraction of sp³-hybridized carbons (Fsp3) is 0.550. The highest BCUT2D eigenvalue weighted by molar-refractivity contribution is 5.94. The lowest BCUT2D eigenvalue weighted by Crippen LogP contribution is -2.43. The molecule has 0 spiro atoms. The monoisotopic (exact) mass is 359 g/mol. The van der Waals surface area contributed by atoms with Crippen molar-refractivity contribution in [2.24, 2.45) is 17.8 Å². The van der Waals surface area contributed by atoms with Gasteiger partial charge in [-0.25, -0.2) is 0 Å². The molecule has 0 unspecified atom stereocenters. The van der Waals surface area contributed by atoms with Gasteiger partial charge in [0, 0.05) is 42.2 Å². The van der Waals surface area contributed by atoms with Crippen LogP contribution in [0.4, 0.5) is 11.4 Å². The highest BCUT2D eigenvalue weighted by atomic mass is 16.2. The second kappa shape index (κ2) is 8.83. The van der Waals surface area contributed by atoms with Crippen molar-refractivity contribution in [2.75, 3.05) is 23.7 Å². The van der Waals surface area contributed by atoms with Crippen molar-refractivity contribution in [3.05, 3.63) is 24.3 Å². The van der Waals surface area contributed by atoms with E-state index in [-0.39, 0.29) is 35.5 Å². The van der Waals surface area contributed by atoms with E-state index in [4.69, 9.17) is 0 Å². The minimum absolute atomic E-state index is 0.00456. The molecular weight excluding hydrogens is 330 g/mol. The van der Waals surface area contributed by atoms with Crippen LogP contribution in [0, 0.1) is 17.8 Å². The molecule has 0 radical (unpaired) electrons. The van der Waals surface area contributed by atoms with Gasteiger partial charge in [0.05, 0.1) is 0 Å². The minimum atomic E-state index is -0.0807. The number of hydrogen-bond donors (Lipinski definition) is 2. The normalized spacial score (nSPS) is 15.2. The van der Waals surface area contributed by atoms with Gasteiger partial charge in [-0.3, -0.25) is 14.4 Å². The summed E-state index contributed by atoms with van der Waals surface area (Å²) in [6, 6.07) is 7.12. The number of rotatable bonds is 5. The molecule has 0 atom stereocenters. The van der Waals surface area contributed by atoms with Crippen molar-refractivity contribution in [2.45, 2.75) is 40.5 Å². The zero-order valence-electron chi connectivity index (χ0n) is 16.0. The molecule has 6 heteroatoms. The second-order valence-corrected chi connectivity index (χ2v) is 7.46. The molecule has 1 aromatic rings. The van der Waals surface area contributed by atoms with Crippen LogP contribution < -0.4 is 10.6 Å². The third kappa shape index (κ3) is 5.31. The van der Waals surface area contributed by atoms with Crippen LogP contribution in [0.5, 0.6) is 0 Å². The Morgan fingerprint density at radius 2 is 1.38 bits per heavy atom. The predicted molar refractivity (Wildman–Crippen MR) is 103 cm³/mol. The fourth-order valence-corrected chi connectivity index (χ4v) is 2.90. The highest BCUT2D eigenvalue weighted by Crippen LogP contribution is 2.21. The molecule has 6 nitrogen and oxygen atoms in total. The van der Waals surface area contributed by atoms with Crippen LogP contribution in [-0.2, 0) is 14.4 Å². The first-order valence-corrected chi connectivity index (χ1v) is 9.28. The first-order valence-electron chi connectivity index (χ1n) is 9.28. The number of benzene rings is 1. The van der Waals surface area contributed by atoms with E-state index in [1.165, 1.54) is 0 Å². The van der Waals surface area contributed by atoms with Crippen molar-refractivity contribution in [1.29, 1.82) is 0 Å². The Morgan fingerprint density at radius 3 is 1.85 bits per heavy atom. The molecule has 1 heterocycles. The Balaban J connectivity index is 1.85.